The van der Waals surface area contributed by atoms with E-state index in [9.17, 15) is 14.4 Å². The third kappa shape index (κ3) is 6.77. The first-order valence-corrected chi connectivity index (χ1v) is 12.1. The molecule has 2 aromatic carbocycles. The molecule has 194 valence electrons. The van der Waals surface area contributed by atoms with Gasteiger partial charge in [-0.05, 0) is 61.2 Å². The molecule has 2 heterocycles. The number of nitrogens with one attached hydrogen (secondary N) is 1. The van der Waals surface area contributed by atoms with Crippen LogP contribution in [0.2, 0.25) is 0 Å². The van der Waals surface area contributed by atoms with Crippen molar-refractivity contribution < 1.29 is 33.0 Å². The maximum absolute atomic E-state index is 12.5. The number of methoxy groups -OCH3 is 1. The van der Waals surface area contributed by atoms with Crippen LogP contribution in [0, 0.1) is 0 Å². The Morgan fingerprint density at radius 1 is 1.14 bits per heavy atom. The second-order valence-electron chi connectivity index (χ2n) is 8.51. The first-order valence-electron chi connectivity index (χ1n) is 12.1. The van der Waals surface area contributed by atoms with Gasteiger partial charge in [-0.25, -0.2) is 9.59 Å². The minimum absolute atomic E-state index is 0.0380. The van der Waals surface area contributed by atoms with E-state index in [1.54, 1.807) is 43.5 Å². The van der Waals surface area contributed by atoms with Gasteiger partial charge in [-0.15, -0.1) is 0 Å². The molecule has 1 saturated heterocycles. The zero-order valence-corrected chi connectivity index (χ0v) is 20.8. The van der Waals surface area contributed by atoms with Crippen molar-refractivity contribution in [2.24, 2.45) is 0 Å². The highest BCUT2D eigenvalue weighted by atomic mass is 16.5. The Morgan fingerprint density at radius 2 is 2.00 bits per heavy atom. The molecular formula is C28H29NO8. The first kappa shape index (κ1) is 26.0. The third-order valence-electron chi connectivity index (χ3n) is 5.75. The van der Waals surface area contributed by atoms with Gasteiger partial charge >= 0.3 is 11.6 Å². The second-order valence-corrected chi connectivity index (χ2v) is 8.51. The number of rotatable bonds is 10. The predicted octanol–water partition coefficient (Wildman–Crippen LogP) is 4.12. The van der Waals surface area contributed by atoms with Crippen LogP contribution < -0.4 is 25.2 Å². The first-order chi connectivity index (χ1) is 18.0. The second kappa shape index (κ2) is 12.2. The molecule has 1 unspecified atom stereocenters. The van der Waals surface area contributed by atoms with Gasteiger partial charge in [-0.3, -0.25) is 4.79 Å². The molecule has 1 amide bonds. The van der Waals surface area contributed by atoms with Gasteiger partial charge in [0.05, 0.1) is 19.8 Å². The number of fused-ring (bicyclic) bond motifs is 1. The Bertz CT molecular complexity index is 1350. The van der Waals surface area contributed by atoms with Gasteiger partial charge in [0, 0.05) is 30.7 Å². The monoisotopic (exact) mass is 507 g/mol. The predicted molar refractivity (Wildman–Crippen MR) is 137 cm³/mol. The summed E-state index contributed by atoms with van der Waals surface area (Å²) in [4.78, 5) is 37.2. The van der Waals surface area contributed by atoms with Gasteiger partial charge < -0.3 is 28.7 Å². The fourth-order valence-corrected chi connectivity index (χ4v) is 3.85. The molecule has 4 rings (SSSR count). The molecule has 9 heteroatoms. The molecule has 0 spiro atoms. The molecule has 0 aliphatic carbocycles. The van der Waals surface area contributed by atoms with Crippen LogP contribution in [-0.2, 0) is 9.53 Å². The summed E-state index contributed by atoms with van der Waals surface area (Å²) < 4.78 is 27.1. The molecule has 1 atom stereocenters. The normalized spacial score (nSPS) is 15.1. The van der Waals surface area contributed by atoms with Gasteiger partial charge in [-0.2, -0.15) is 0 Å². The molecule has 3 aromatic rings. The average Bonchev–Trinajstić information content (AvgIpc) is 3.43. The van der Waals surface area contributed by atoms with Gasteiger partial charge in [0.25, 0.3) is 5.91 Å². The highest BCUT2D eigenvalue weighted by Crippen LogP contribution is 2.29. The Kier molecular flexibility index (Phi) is 8.58. The molecular weight excluding hydrogens is 478 g/mol. The van der Waals surface area contributed by atoms with E-state index in [2.05, 4.69) is 5.32 Å². The minimum atomic E-state index is -0.777. The van der Waals surface area contributed by atoms with Crippen molar-refractivity contribution in [3.05, 3.63) is 70.1 Å². The third-order valence-corrected chi connectivity index (χ3v) is 5.75. The van der Waals surface area contributed by atoms with E-state index in [1.165, 1.54) is 18.2 Å². The number of ether oxygens (including phenoxy) is 4. The molecule has 0 bridgehead atoms. The molecule has 1 aliphatic heterocycles. The zero-order valence-electron chi connectivity index (χ0n) is 20.8. The van der Waals surface area contributed by atoms with Crippen molar-refractivity contribution in [3.63, 3.8) is 0 Å². The van der Waals surface area contributed by atoms with Crippen LogP contribution in [0.15, 0.2) is 57.8 Å². The van der Waals surface area contributed by atoms with Crippen molar-refractivity contribution in [3.8, 4) is 17.2 Å². The Labute approximate surface area is 214 Å². The van der Waals surface area contributed by atoms with Gasteiger partial charge in [0.1, 0.15) is 16.9 Å². The lowest BCUT2D eigenvalue weighted by atomic mass is 10.1. The Morgan fingerprint density at radius 3 is 2.76 bits per heavy atom. The smallest absolute Gasteiger partial charge is 0.349 e. The number of hydrogen-bond donors (Lipinski definition) is 1. The summed E-state index contributed by atoms with van der Waals surface area (Å²) in [6, 6.07) is 11.4. The molecule has 1 N–H and O–H groups in total. The number of esters is 1. The molecule has 1 aliphatic rings. The van der Waals surface area contributed by atoms with Crippen molar-refractivity contribution in [1.29, 1.82) is 0 Å². The van der Waals surface area contributed by atoms with Crippen LogP contribution in [0.5, 0.6) is 17.2 Å². The number of carbonyl (C=O) groups is 2. The standard InChI is InChI=1S/C28H29NO8/c1-3-12-35-23-10-6-18(14-25(23)33-2)7-11-26(30)36-20-9-8-19-15-22(28(32)37-24(19)16-20)27(31)29-17-21-5-4-13-34-21/h6-11,14-16,21H,3-5,12-13,17H2,1-2H3,(H,29,31)/b11-7+. The van der Waals surface area contributed by atoms with E-state index >= 15 is 0 Å². The van der Waals surface area contributed by atoms with E-state index in [4.69, 9.17) is 23.4 Å². The summed E-state index contributed by atoms with van der Waals surface area (Å²) in [6.07, 6.45) is 5.54. The number of amides is 1. The van der Waals surface area contributed by atoms with Crippen molar-refractivity contribution in [2.75, 3.05) is 26.9 Å². The maximum atomic E-state index is 12.5. The van der Waals surface area contributed by atoms with Crippen LogP contribution in [0.4, 0.5) is 0 Å². The van der Waals surface area contributed by atoms with Gasteiger partial charge in [0.2, 0.25) is 0 Å². The molecule has 9 nitrogen and oxygen atoms in total. The molecule has 0 saturated carbocycles. The van der Waals surface area contributed by atoms with Crippen LogP contribution in [0.25, 0.3) is 17.0 Å². The average molecular weight is 508 g/mol. The highest BCUT2D eigenvalue weighted by Gasteiger charge is 2.19. The van der Waals surface area contributed by atoms with E-state index in [0.29, 0.717) is 36.6 Å². The maximum Gasteiger partial charge on any atom is 0.349 e. The molecule has 1 aromatic heterocycles. The van der Waals surface area contributed by atoms with Gasteiger partial charge in [0.15, 0.2) is 11.5 Å². The molecule has 1 fully saturated rings. The van der Waals surface area contributed by atoms with Crippen LogP contribution in [-0.4, -0.2) is 44.8 Å². The lowest BCUT2D eigenvalue weighted by molar-refractivity contribution is -0.128. The van der Waals surface area contributed by atoms with E-state index in [1.807, 2.05) is 6.92 Å². The lowest BCUT2D eigenvalue weighted by Gasteiger charge is -2.10. The summed E-state index contributed by atoms with van der Waals surface area (Å²) in [5.74, 6) is 0.255. The quantitative estimate of drug-likeness (QED) is 0.189. The summed E-state index contributed by atoms with van der Waals surface area (Å²) in [5, 5.41) is 3.24. The largest absolute Gasteiger partial charge is 0.493 e. The van der Waals surface area contributed by atoms with Crippen LogP contribution >= 0.6 is 0 Å². The van der Waals surface area contributed by atoms with E-state index in [-0.39, 0.29) is 23.0 Å². The topological polar surface area (TPSA) is 113 Å². The minimum Gasteiger partial charge on any atom is -0.493 e. The van der Waals surface area contributed by atoms with E-state index in [0.717, 1.165) is 24.8 Å². The van der Waals surface area contributed by atoms with Crippen molar-refractivity contribution >= 4 is 28.9 Å². The zero-order chi connectivity index (χ0) is 26.2. The summed E-state index contributed by atoms with van der Waals surface area (Å²) in [6.45, 7) is 3.61. The fraction of sp³-hybridized carbons (Fsp3) is 0.321. The van der Waals surface area contributed by atoms with Crippen molar-refractivity contribution in [2.45, 2.75) is 32.3 Å². The van der Waals surface area contributed by atoms with Crippen LogP contribution in [0.1, 0.15) is 42.1 Å². The fourth-order valence-electron chi connectivity index (χ4n) is 3.85. The number of carbonyl (C=O) groups excluding carboxylic acids is 2. The number of hydrogen-bond acceptors (Lipinski definition) is 8. The summed E-state index contributed by atoms with van der Waals surface area (Å²) in [7, 11) is 1.55. The highest BCUT2D eigenvalue weighted by molar-refractivity contribution is 5.97. The molecule has 37 heavy (non-hydrogen) atoms. The van der Waals surface area contributed by atoms with Crippen LogP contribution in [0.3, 0.4) is 0 Å². The lowest BCUT2D eigenvalue weighted by Crippen LogP contribution is -2.34. The van der Waals surface area contributed by atoms with Crippen molar-refractivity contribution in [1.82, 2.24) is 5.32 Å². The Hall–Kier alpha value is -4.11. The summed E-state index contributed by atoms with van der Waals surface area (Å²) in [5.41, 5.74) is 0.0514. The Balaban J connectivity index is 1.41. The molecule has 0 radical (unpaired) electrons. The number of benzene rings is 2. The SMILES string of the molecule is CCCOc1ccc(/C=C/C(=O)Oc2ccc3cc(C(=O)NCC4CCCO4)c(=O)oc3c2)cc1OC. The van der Waals surface area contributed by atoms with E-state index < -0.39 is 17.5 Å². The van der Waals surface area contributed by atoms with Gasteiger partial charge in [-0.1, -0.05) is 13.0 Å². The summed E-state index contributed by atoms with van der Waals surface area (Å²) >= 11 is 0.